The molecule has 1 saturated carbocycles. The van der Waals surface area contributed by atoms with Gasteiger partial charge in [-0.05, 0) is 25.2 Å². The highest BCUT2D eigenvalue weighted by molar-refractivity contribution is 5.87. The van der Waals surface area contributed by atoms with Gasteiger partial charge in [0, 0.05) is 44.9 Å². The first kappa shape index (κ1) is 20.9. The molecule has 1 aromatic heterocycles. The van der Waals surface area contributed by atoms with Crippen LogP contribution in [0.1, 0.15) is 39.3 Å². The molecule has 8 nitrogen and oxygen atoms in total. The highest BCUT2D eigenvalue weighted by Crippen LogP contribution is 2.56. The van der Waals surface area contributed by atoms with Gasteiger partial charge in [-0.3, -0.25) is 19.4 Å². The summed E-state index contributed by atoms with van der Waals surface area (Å²) >= 11 is 0. The number of rotatable bonds is 6. The van der Waals surface area contributed by atoms with E-state index in [9.17, 15) is 14.4 Å². The van der Waals surface area contributed by atoms with Gasteiger partial charge in [-0.2, -0.15) is 0 Å². The third-order valence-corrected chi connectivity index (χ3v) is 6.04. The molecule has 1 heterocycles. The van der Waals surface area contributed by atoms with E-state index in [2.05, 4.69) is 20.6 Å². The third-order valence-electron chi connectivity index (χ3n) is 6.04. The molecular formula is C19H31N5O3. The number of aromatic amines is 1. The number of carbonyl (C=O) groups excluding carboxylic acids is 2. The summed E-state index contributed by atoms with van der Waals surface area (Å²) < 4.78 is 0. The van der Waals surface area contributed by atoms with E-state index in [-0.39, 0.29) is 23.3 Å². The molecule has 0 bridgehead atoms. The van der Waals surface area contributed by atoms with Crippen molar-refractivity contribution in [3.63, 3.8) is 0 Å². The van der Waals surface area contributed by atoms with E-state index >= 15 is 0 Å². The number of aromatic nitrogens is 2. The van der Waals surface area contributed by atoms with Crippen LogP contribution in [0.2, 0.25) is 0 Å². The third kappa shape index (κ3) is 4.14. The first-order valence-electron chi connectivity index (χ1n) is 9.30. The van der Waals surface area contributed by atoms with Crippen LogP contribution < -0.4 is 16.2 Å². The van der Waals surface area contributed by atoms with Gasteiger partial charge in [-0.25, -0.2) is 4.98 Å². The van der Waals surface area contributed by atoms with Gasteiger partial charge in [0.25, 0.3) is 5.56 Å². The van der Waals surface area contributed by atoms with Gasteiger partial charge in [-0.1, -0.05) is 20.8 Å². The van der Waals surface area contributed by atoms with Gasteiger partial charge in [0.05, 0.1) is 5.41 Å². The van der Waals surface area contributed by atoms with Crippen LogP contribution in [0, 0.1) is 23.7 Å². The molecule has 27 heavy (non-hydrogen) atoms. The SMILES string of the molecule is Cc1cc(=O)[nH]c(NCCNC(=O)[C@]2(C)CC[C@@H](C(=O)N(C)C)C2(C)C)n1. The van der Waals surface area contributed by atoms with Crippen LogP contribution in [0.15, 0.2) is 10.9 Å². The predicted molar refractivity (Wildman–Crippen MR) is 104 cm³/mol. The highest BCUT2D eigenvalue weighted by Gasteiger charge is 2.58. The number of H-pyrrole nitrogens is 1. The summed E-state index contributed by atoms with van der Waals surface area (Å²) in [6, 6.07) is 1.42. The first-order chi connectivity index (χ1) is 12.5. The molecule has 3 N–H and O–H groups in total. The second kappa shape index (κ2) is 7.70. The molecule has 0 radical (unpaired) electrons. The molecule has 8 heteroatoms. The molecule has 150 valence electrons. The minimum absolute atomic E-state index is 0.0472. The molecule has 1 fully saturated rings. The van der Waals surface area contributed by atoms with Crippen molar-refractivity contribution in [1.82, 2.24) is 20.2 Å². The Morgan fingerprint density at radius 1 is 1.30 bits per heavy atom. The smallest absolute Gasteiger partial charge is 0.252 e. The van der Waals surface area contributed by atoms with Gasteiger partial charge >= 0.3 is 0 Å². The Morgan fingerprint density at radius 2 is 1.96 bits per heavy atom. The number of hydrogen-bond donors (Lipinski definition) is 3. The van der Waals surface area contributed by atoms with Gasteiger partial charge in [0.2, 0.25) is 17.8 Å². The molecule has 2 rings (SSSR count). The van der Waals surface area contributed by atoms with E-state index < -0.39 is 10.8 Å². The summed E-state index contributed by atoms with van der Waals surface area (Å²) in [5.41, 5.74) is -0.637. The quantitative estimate of drug-likeness (QED) is 0.645. The lowest BCUT2D eigenvalue weighted by Crippen LogP contribution is -2.50. The summed E-state index contributed by atoms with van der Waals surface area (Å²) in [5.74, 6) is 0.253. The molecule has 1 aromatic rings. The van der Waals surface area contributed by atoms with Crippen LogP contribution >= 0.6 is 0 Å². The Balaban J connectivity index is 1.95. The summed E-state index contributed by atoms with van der Waals surface area (Å²) in [4.78, 5) is 45.2. The van der Waals surface area contributed by atoms with Crippen LogP contribution in [0.3, 0.4) is 0 Å². The Bertz CT molecular complexity index is 771. The Hall–Kier alpha value is -2.38. The first-order valence-corrected chi connectivity index (χ1v) is 9.30. The second-order valence-electron chi connectivity index (χ2n) is 8.30. The molecule has 0 saturated heterocycles. The van der Waals surface area contributed by atoms with E-state index in [0.29, 0.717) is 37.6 Å². The maximum absolute atomic E-state index is 12.9. The van der Waals surface area contributed by atoms with Gasteiger partial charge in [0.15, 0.2) is 0 Å². The standard InChI is InChI=1S/C19H31N5O3/c1-12-11-14(25)23-17(22-12)21-10-9-20-16(27)19(4)8-7-13(18(19,2)3)15(26)24(5)6/h11,13H,7-10H2,1-6H3,(H,20,27)(H2,21,22,23,25)/t13-,19-/m0/s1. The van der Waals surface area contributed by atoms with Crippen molar-refractivity contribution in [2.24, 2.45) is 16.7 Å². The monoisotopic (exact) mass is 377 g/mol. The lowest BCUT2D eigenvalue weighted by Gasteiger charge is -2.40. The van der Waals surface area contributed by atoms with Crippen LogP contribution in [0.25, 0.3) is 0 Å². The normalized spacial score (nSPS) is 23.7. The van der Waals surface area contributed by atoms with Crippen molar-refractivity contribution in [1.29, 1.82) is 0 Å². The van der Waals surface area contributed by atoms with Gasteiger partial charge in [-0.15, -0.1) is 0 Å². The average molecular weight is 377 g/mol. The maximum atomic E-state index is 12.9. The van der Waals surface area contributed by atoms with Crippen molar-refractivity contribution in [3.8, 4) is 0 Å². The van der Waals surface area contributed by atoms with Crippen molar-refractivity contribution in [3.05, 3.63) is 22.1 Å². The molecule has 2 amide bonds. The molecule has 0 aliphatic heterocycles. The lowest BCUT2D eigenvalue weighted by molar-refractivity contribution is -0.142. The Morgan fingerprint density at radius 3 is 2.56 bits per heavy atom. The lowest BCUT2D eigenvalue weighted by atomic mass is 9.65. The Kier molecular flexibility index (Phi) is 5.97. The van der Waals surface area contributed by atoms with Crippen molar-refractivity contribution < 1.29 is 9.59 Å². The van der Waals surface area contributed by atoms with E-state index in [1.54, 1.807) is 25.9 Å². The van der Waals surface area contributed by atoms with Crippen LogP contribution in [-0.4, -0.2) is 53.9 Å². The van der Waals surface area contributed by atoms with Crippen LogP contribution in [-0.2, 0) is 9.59 Å². The largest absolute Gasteiger partial charge is 0.354 e. The summed E-state index contributed by atoms with van der Waals surface area (Å²) in [5, 5.41) is 5.97. The molecular weight excluding hydrogens is 346 g/mol. The summed E-state index contributed by atoms with van der Waals surface area (Å²) in [7, 11) is 3.51. The Labute approximate surface area is 160 Å². The average Bonchev–Trinajstić information content (AvgIpc) is 2.80. The molecule has 0 aromatic carbocycles. The van der Waals surface area contributed by atoms with E-state index in [0.717, 1.165) is 0 Å². The zero-order valence-corrected chi connectivity index (χ0v) is 17.1. The van der Waals surface area contributed by atoms with E-state index in [1.807, 2.05) is 20.8 Å². The number of amides is 2. The van der Waals surface area contributed by atoms with Crippen LogP contribution in [0.5, 0.6) is 0 Å². The van der Waals surface area contributed by atoms with Crippen molar-refractivity contribution >= 4 is 17.8 Å². The predicted octanol–water partition coefficient (Wildman–Crippen LogP) is 1.14. The number of nitrogens with zero attached hydrogens (tertiary/aromatic N) is 2. The number of hydrogen-bond acceptors (Lipinski definition) is 5. The topological polar surface area (TPSA) is 107 Å². The molecule has 0 spiro atoms. The van der Waals surface area contributed by atoms with Crippen LogP contribution in [0.4, 0.5) is 5.95 Å². The second-order valence-corrected chi connectivity index (χ2v) is 8.30. The number of aryl methyl sites for hydroxylation is 1. The zero-order chi connectivity index (χ0) is 20.4. The molecule has 2 atom stereocenters. The fourth-order valence-corrected chi connectivity index (χ4v) is 3.87. The van der Waals surface area contributed by atoms with Crippen molar-refractivity contribution in [2.75, 3.05) is 32.5 Å². The highest BCUT2D eigenvalue weighted by atomic mass is 16.2. The minimum atomic E-state index is -0.612. The number of nitrogens with one attached hydrogen (secondary N) is 3. The summed E-state index contributed by atoms with van der Waals surface area (Å²) in [6.45, 7) is 8.54. The molecule has 1 aliphatic rings. The number of anilines is 1. The fraction of sp³-hybridized carbons (Fsp3) is 0.684. The van der Waals surface area contributed by atoms with E-state index in [4.69, 9.17) is 0 Å². The minimum Gasteiger partial charge on any atom is -0.354 e. The molecule has 1 aliphatic carbocycles. The maximum Gasteiger partial charge on any atom is 0.252 e. The van der Waals surface area contributed by atoms with Gasteiger partial charge < -0.3 is 15.5 Å². The fourth-order valence-electron chi connectivity index (χ4n) is 3.87. The number of carbonyl (C=O) groups is 2. The summed E-state index contributed by atoms with van der Waals surface area (Å²) in [6.07, 6.45) is 1.39. The van der Waals surface area contributed by atoms with Gasteiger partial charge in [0.1, 0.15) is 0 Å². The van der Waals surface area contributed by atoms with E-state index in [1.165, 1.54) is 6.07 Å². The zero-order valence-electron chi connectivity index (χ0n) is 17.1. The van der Waals surface area contributed by atoms with Crippen molar-refractivity contribution in [2.45, 2.75) is 40.5 Å². The molecule has 0 unspecified atom stereocenters.